The maximum atomic E-state index is 12.4. The van der Waals surface area contributed by atoms with E-state index in [9.17, 15) is 9.59 Å². The first-order chi connectivity index (χ1) is 13.6. The van der Waals surface area contributed by atoms with Gasteiger partial charge in [-0.15, -0.1) is 0 Å². The van der Waals surface area contributed by atoms with Crippen molar-refractivity contribution in [1.29, 1.82) is 0 Å². The summed E-state index contributed by atoms with van der Waals surface area (Å²) < 4.78 is 9.86. The molecule has 0 atom stereocenters. The van der Waals surface area contributed by atoms with Crippen LogP contribution in [0.3, 0.4) is 0 Å². The number of hydrogen-bond acceptors (Lipinski definition) is 6. The molecule has 1 amide bonds. The molecule has 0 spiro atoms. The van der Waals surface area contributed by atoms with Crippen LogP contribution >= 0.6 is 0 Å². The van der Waals surface area contributed by atoms with Crippen molar-refractivity contribution in [2.24, 2.45) is 0 Å². The number of rotatable bonds is 6. The van der Waals surface area contributed by atoms with Gasteiger partial charge in [0.05, 0.1) is 25.3 Å². The maximum absolute atomic E-state index is 12.4. The van der Waals surface area contributed by atoms with Gasteiger partial charge in [-0.2, -0.15) is 0 Å². The molecule has 1 aromatic heterocycles. The van der Waals surface area contributed by atoms with Gasteiger partial charge in [0.2, 0.25) is 0 Å². The molecule has 1 heterocycles. The standard InChI is InChI=1S/C21H19N3O4/c1-27-18-8-4-7-17(12-18)24-20(25)15-9-10-19(22-13-15)23-16-6-3-5-14(11-16)21(26)28-2/h3-13H,1-2H3,(H,22,23)(H,24,25). The lowest BCUT2D eigenvalue weighted by atomic mass is 10.2. The lowest BCUT2D eigenvalue weighted by Crippen LogP contribution is -2.12. The van der Waals surface area contributed by atoms with Crippen molar-refractivity contribution in [3.05, 3.63) is 78.0 Å². The predicted molar refractivity (Wildman–Crippen MR) is 106 cm³/mol. The summed E-state index contributed by atoms with van der Waals surface area (Å²) in [6.07, 6.45) is 1.47. The highest BCUT2D eigenvalue weighted by molar-refractivity contribution is 6.04. The summed E-state index contributed by atoms with van der Waals surface area (Å²) in [5.41, 5.74) is 2.16. The normalized spacial score (nSPS) is 10.1. The number of ether oxygens (including phenoxy) is 2. The fourth-order valence-corrected chi connectivity index (χ4v) is 2.50. The van der Waals surface area contributed by atoms with Crippen molar-refractivity contribution in [1.82, 2.24) is 4.98 Å². The van der Waals surface area contributed by atoms with Gasteiger partial charge < -0.3 is 20.1 Å². The molecule has 0 fully saturated rings. The number of nitrogens with one attached hydrogen (secondary N) is 2. The minimum atomic E-state index is -0.416. The third-order valence-electron chi connectivity index (χ3n) is 3.91. The molecule has 0 saturated heterocycles. The maximum Gasteiger partial charge on any atom is 0.337 e. The number of carbonyl (C=O) groups excluding carboxylic acids is 2. The molecule has 0 bridgehead atoms. The number of hydrogen-bond donors (Lipinski definition) is 2. The highest BCUT2D eigenvalue weighted by Gasteiger charge is 2.09. The molecule has 3 aromatic rings. The number of benzene rings is 2. The van der Waals surface area contributed by atoms with Crippen LogP contribution in [0.4, 0.5) is 17.2 Å². The highest BCUT2D eigenvalue weighted by Crippen LogP contribution is 2.19. The van der Waals surface area contributed by atoms with Gasteiger partial charge in [0.1, 0.15) is 11.6 Å². The number of aromatic nitrogens is 1. The number of amides is 1. The van der Waals surface area contributed by atoms with Crippen molar-refractivity contribution in [3.63, 3.8) is 0 Å². The van der Waals surface area contributed by atoms with Crippen LogP contribution in [0.5, 0.6) is 5.75 Å². The molecule has 142 valence electrons. The van der Waals surface area contributed by atoms with Crippen molar-refractivity contribution in [2.75, 3.05) is 24.9 Å². The van der Waals surface area contributed by atoms with Crippen LogP contribution < -0.4 is 15.4 Å². The van der Waals surface area contributed by atoms with E-state index in [1.807, 2.05) is 0 Å². The van der Waals surface area contributed by atoms with E-state index < -0.39 is 5.97 Å². The van der Waals surface area contributed by atoms with Crippen LogP contribution in [0.2, 0.25) is 0 Å². The fraction of sp³-hybridized carbons (Fsp3) is 0.0952. The summed E-state index contributed by atoms with van der Waals surface area (Å²) in [6, 6.07) is 17.3. The minimum Gasteiger partial charge on any atom is -0.497 e. The summed E-state index contributed by atoms with van der Waals surface area (Å²) in [6.45, 7) is 0. The first-order valence-corrected chi connectivity index (χ1v) is 8.46. The van der Waals surface area contributed by atoms with Crippen LogP contribution in [0.1, 0.15) is 20.7 Å². The molecule has 7 heteroatoms. The van der Waals surface area contributed by atoms with Crippen LogP contribution in [0, 0.1) is 0 Å². The van der Waals surface area contributed by atoms with E-state index >= 15 is 0 Å². The first kappa shape index (κ1) is 18.9. The van der Waals surface area contributed by atoms with E-state index in [0.717, 1.165) is 0 Å². The Morgan fingerprint density at radius 1 is 0.893 bits per heavy atom. The summed E-state index contributed by atoms with van der Waals surface area (Å²) in [5.74, 6) is 0.505. The second kappa shape index (κ2) is 8.68. The van der Waals surface area contributed by atoms with Crippen molar-refractivity contribution in [2.45, 2.75) is 0 Å². The molecule has 0 radical (unpaired) electrons. The molecule has 2 aromatic carbocycles. The lowest BCUT2D eigenvalue weighted by molar-refractivity contribution is 0.0600. The van der Waals surface area contributed by atoms with Gasteiger partial charge in [-0.05, 0) is 42.5 Å². The molecular weight excluding hydrogens is 358 g/mol. The first-order valence-electron chi connectivity index (χ1n) is 8.46. The van der Waals surface area contributed by atoms with Crippen molar-refractivity contribution in [3.8, 4) is 5.75 Å². The molecule has 0 unspecified atom stereocenters. The Kier molecular flexibility index (Phi) is 5.86. The van der Waals surface area contributed by atoms with E-state index in [1.54, 1.807) is 67.8 Å². The van der Waals surface area contributed by atoms with E-state index in [1.165, 1.54) is 13.3 Å². The van der Waals surface area contributed by atoms with Gasteiger partial charge in [0.15, 0.2) is 0 Å². The minimum absolute atomic E-state index is 0.278. The van der Waals surface area contributed by atoms with Gasteiger partial charge in [-0.25, -0.2) is 9.78 Å². The zero-order valence-electron chi connectivity index (χ0n) is 15.4. The molecule has 0 saturated carbocycles. The average molecular weight is 377 g/mol. The van der Waals surface area contributed by atoms with E-state index in [-0.39, 0.29) is 5.91 Å². The van der Waals surface area contributed by atoms with Gasteiger partial charge in [0, 0.05) is 23.6 Å². The second-order valence-corrected chi connectivity index (χ2v) is 5.82. The quantitative estimate of drug-likeness (QED) is 0.634. The zero-order valence-corrected chi connectivity index (χ0v) is 15.4. The fourth-order valence-electron chi connectivity index (χ4n) is 2.50. The molecule has 28 heavy (non-hydrogen) atoms. The third kappa shape index (κ3) is 4.64. The number of methoxy groups -OCH3 is 2. The SMILES string of the molecule is COC(=O)c1cccc(Nc2ccc(C(=O)Nc3cccc(OC)c3)cn2)c1. The molecule has 0 aliphatic rings. The van der Waals surface area contributed by atoms with Gasteiger partial charge in [-0.3, -0.25) is 4.79 Å². The summed E-state index contributed by atoms with van der Waals surface area (Å²) in [4.78, 5) is 28.2. The summed E-state index contributed by atoms with van der Waals surface area (Å²) in [7, 11) is 2.90. The number of esters is 1. The monoisotopic (exact) mass is 377 g/mol. The largest absolute Gasteiger partial charge is 0.497 e. The smallest absolute Gasteiger partial charge is 0.337 e. The molecule has 3 rings (SSSR count). The zero-order chi connectivity index (χ0) is 19.9. The van der Waals surface area contributed by atoms with Gasteiger partial charge in [-0.1, -0.05) is 12.1 Å². The lowest BCUT2D eigenvalue weighted by Gasteiger charge is -2.09. The highest BCUT2D eigenvalue weighted by atomic mass is 16.5. The van der Waals surface area contributed by atoms with Gasteiger partial charge >= 0.3 is 5.97 Å². The van der Waals surface area contributed by atoms with Crippen LogP contribution in [-0.2, 0) is 4.74 Å². The molecule has 2 N–H and O–H groups in total. The number of anilines is 3. The van der Waals surface area contributed by atoms with E-state index in [2.05, 4.69) is 15.6 Å². The summed E-state index contributed by atoms with van der Waals surface area (Å²) >= 11 is 0. The van der Waals surface area contributed by atoms with Crippen LogP contribution in [-0.4, -0.2) is 31.1 Å². The molecule has 7 nitrogen and oxygen atoms in total. The average Bonchev–Trinajstić information content (AvgIpc) is 2.74. The van der Waals surface area contributed by atoms with Crippen molar-refractivity contribution >= 4 is 29.1 Å². The van der Waals surface area contributed by atoms with Gasteiger partial charge in [0.25, 0.3) is 5.91 Å². The second-order valence-electron chi connectivity index (χ2n) is 5.82. The topological polar surface area (TPSA) is 89.5 Å². The predicted octanol–water partition coefficient (Wildman–Crippen LogP) is 3.87. The Morgan fingerprint density at radius 3 is 2.39 bits per heavy atom. The van der Waals surface area contributed by atoms with Crippen molar-refractivity contribution < 1.29 is 19.1 Å². The Hall–Kier alpha value is -3.87. The Morgan fingerprint density at radius 2 is 1.68 bits per heavy atom. The van der Waals surface area contributed by atoms with E-state index in [4.69, 9.17) is 9.47 Å². The number of nitrogens with zero attached hydrogens (tertiary/aromatic N) is 1. The molecule has 0 aliphatic heterocycles. The number of carbonyl (C=O) groups is 2. The van der Waals surface area contributed by atoms with Crippen LogP contribution in [0.15, 0.2) is 66.9 Å². The third-order valence-corrected chi connectivity index (χ3v) is 3.91. The number of pyridine rings is 1. The Balaban J connectivity index is 1.67. The van der Waals surface area contributed by atoms with E-state index in [0.29, 0.717) is 34.1 Å². The Labute approximate surface area is 162 Å². The molecule has 0 aliphatic carbocycles. The Bertz CT molecular complexity index is 987. The van der Waals surface area contributed by atoms with Crippen LogP contribution in [0.25, 0.3) is 0 Å². The summed E-state index contributed by atoms with van der Waals surface area (Å²) in [5, 5.41) is 5.88. The molecular formula is C21H19N3O4.